The third-order valence-electron chi connectivity index (χ3n) is 1.39. The molecule has 0 aromatic carbocycles. The number of halogens is 1. The van der Waals surface area contributed by atoms with Gasteiger partial charge in [0.25, 0.3) is 0 Å². The fraction of sp³-hybridized carbons (Fsp3) is 1.00. The molecule has 0 radical (unpaired) electrons. The third-order valence-corrected chi connectivity index (χ3v) is 1.64. The van der Waals surface area contributed by atoms with Gasteiger partial charge < -0.3 is 14.6 Å². The number of rotatable bonds is 3. The molecule has 2 unspecified atom stereocenters. The van der Waals surface area contributed by atoms with Crippen molar-refractivity contribution in [2.45, 2.75) is 18.8 Å². The van der Waals surface area contributed by atoms with Crippen molar-refractivity contribution in [2.75, 3.05) is 19.1 Å². The van der Waals surface area contributed by atoms with Crippen LogP contribution in [-0.4, -0.2) is 36.6 Å². The summed E-state index contributed by atoms with van der Waals surface area (Å²) < 4.78 is 10.3. The van der Waals surface area contributed by atoms with Gasteiger partial charge in [0.15, 0.2) is 6.29 Å². The van der Waals surface area contributed by atoms with E-state index in [0.29, 0.717) is 18.9 Å². The van der Waals surface area contributed by atoms with E-state index in [1.165, 1.54) is 0 Å². The van der Waals surface area contributed by atoms with Gasteiger partial charge in [-0.25, -0.2) is 0 Å². The van der Waals surface area contributed by atoms with Gasteiger partial charge >= 0.3 is 0 Å². The van der Waals surface area contributed by atoms with Gasteiger partial charge in [-0.3, -0.25) is 0 Å². The molecule has 0 bridgehead atoms. The SMILES string of the molecule is OCCC1COC(CCl)O1. The highest BCUT2D eigenvalue weighted by Crippen LogP contribution is 2.14. The van der Waals surface area contributed by atoms with Crippen molar-refractivity contribution in [1.29, 1.82) is 0 Å². The van der Waals surface area contributed by atoms with Gasteiger partial charge in [0.1, 0.15) is 0 Å². The summed E-state index contributed by atoms with van der Waals surface area (Å²) in [5.74, 6) is 0.363. The Morgan fingerprint density at radius 2 is 2.40 bits per heavy atom. The second-order valence-corrected chi connectivity index (χ2v) is 2.50. The van der Waals surface area contributed by atoms with E-state index in [4.69, 9.17) is 26.2 Å². The van der Waals surface area contributed by atoms with Crippen molar-refractivity contribution >= 4 is 11.6 Å². The zero-order chi connectivity index (χ0) is 7.40. The molecule has 10 heavy (non-hydrogen) atoms. The third kappa shape index (κ3) is 2.09. The molecule has 1 fully saturated rings. The van der Waals surface area contributed by atoms with E-state index in [-0.39, 0.29) is 19.0 Å². The van der Waals surface area contributed by atoms with Crippen LogP contribution in [0.25, 0.3) is 0 Å². The Balaban J connectivity index is 2.15. The van der Waals surface area contributed by atoms with Gasteiger partial charge in [0.05, 0.1) is 18.6 Å². The molecule has 1 rings (SSSR count). The minimum Gasteiger partial charge on any atom is -0.396 e. The second-order valence-electron chi connectivity index (χ2n) is 2.19. The lowest BCUT2D eigenvalue weighted by molar-refractivity contribution is -0.0423. The Hall–Kier alpha value is 0.170. The van der Waals surface area contributed by atoms with Gasteiger partial charge in [0, 0.05) is 6.61 Å². The Morgan fingerprint density at radius 1 is 1.60 bits per heavy atom. The van der Waals surface area contributed by atoms with Crippen LogP contribution in [-0.2, 0) is 9.47 Å². The molecular formula is C6H11ClO3. The zero-order valence-electron chi connectivity index (χ0n) is 5.62. The first kappa shape index (κ1) is 8.27. The summed E-state index contributed by atoms with van der Waals surface area (Å²) >= 11 is 5.46. The van der Waals surface area contributed by atoms with Gasteiger partial charge in [-0.2, -0.15) is 0 Å². The minimum atomic E-state index is -0.266. The van der Waals surface area contributed by atoms with Crippen molar-refractivity contribution in [3.05, 3.63) is 0 Å². The predicted molar refractivity (Wildman–Crippen MR) is 37.0 cm³/mol. The van der Waals surface area contributed by atoms with Gasteiger partial charge in [-0.05, 0) is 6.42 Å². The van der Waals surface area contributed by atoms with Crippen LogP contribution in [0.15, 0.2) is 0 Å². The van der Waals surface area contributed by atoms with Gasteiger partial charge in [0.2, 0.25) is 0 Å². The molecule has 60 valence electrons. The Bertz CT molecular complexity index is 99.0. The van der Waals surface area contributed by atoms with Gasteiger partial charge in [-0.1, -0.05) is 0 Å². The van der Waals surface area contributed by atoms with Crippen LogP contribution in [0.5, 0.6) is 0 Å². The zero-order valence-corrected chi connectivity index (χ0v) is 6.38. The predicted octanol–water partition coefficient (Wildman–Crippen LogP) is 0.349. The van der Waals surface area contributed by atoms with Crippen molar-refractivity contribution in [3.8, 4) is 0 Å². The van der Waals surface area contributed by atoms with E-state index in [2.05, 4.69) is 0 Å². The maximum Gasteiger partial charge on any atom is 0.171 e. The van der Waals surface area contributed by atoms with Crippen LogP contribution < -0.4 is 0 Å². The molecule has 0 aromatic rings. The average molecular weight is 167 g/mol. The molecule has 3 nitrogen and oxygen atoms in total. The topological polar surface area (TPSA) is 38.7 Å². The molecule has 1 saturated heterocycles. The van der Waals surface area contributed by atoms with E-state index in [9.17, 15) is 0 Å². The lowest BCUT2D eigenvalue weighted by atomic mass is 10.3. The van der Waals surface area contributed by atoms with E-state index in [1.807, 2.05) is 0 Å². The van der Waals surface area contributed by atoms with Crippen LogP contribution in [0.1, 0.15) is 6.42 Å². The maximum atomic E-state index is 8.52. The molecule has 2 atom stereocenters. The molecule has 1 aliphatic rings. The summed E-state index contributed by atoms with van der Waals surface area (Å²) in [6.45, 7) is 0.695. The highest BCUT2D eigenvalue weighted by molar-refractivity contribution is 6.18. The van der Waals surface area contributed by atoms with E-state index in [0.717, 1.165) is 0 Å². The molecule has 4 heteroatoms. The summed E-state index contributed by atoms with van der Waals surface area (Å²) in [6, 6.07) is 0. The van der Waals surface area contributed by atoms with Crippen LogP contribution in [0.2, 0.25) is 0 Å². The van der Waals surface area contributed by atoms with Crippen molar-refractivity contribution in [2.24, 2.45) is 0 Å². The molecule has 0 aliphatic carbocycles. The first-order chi connectivity index (χ1) is 4.86. The molecule has 1 heterocycles. The monoisotopic (exact) mass is 166 g/mol. The lowest BCUT2D eigenvalue weighted by Crippen LogP contribution is -2.14. The number of alkyl halides is 1. The van der Waals surface area contributed by atoms with E-state index in [1.54, 1.807) is 0 Å². The normalized spacial score (nSPS) is 33.0. The van der Waals surface area contributed by atoms with Gasteiger partial charge in [-0.15, -0.1) is 11.6 Å². The molecule has 0 amide bonds. The van der Waals surface area contributed by atoms with Crippen LogP contribution in [0.4, 0.5) is 0 Å². The number of hydrogen-bond donors (Lipinski definition) is 1. The summed E-state index contributed by atoms with van der Waals surface area (Å²) in [4.78, 5) is 0. The minimum absolute atomic E-state index is 0.0359. The quantitative estimate of drug-likeness (QED) is 0.615. The molecular weight excluding hydrogens is 156 g/mol. The average Bonchev–Trinajstić information content (AvgIpc) is 2.37. The molecule has 1 N–H and O–H groups in total. The Morgan fingerprint density at radius 3 is 2.90 bits per heavy atom. The number of aliphatic hydroxyl groups excluding tert-OH is 1. The molecule has 0 aromatic heterocycles. The van der Waals surface area contributed by atoms with Crippen molar-refractivity contribution < 1.29 is 14.6 Å². The number of aliphatic hydroxyl groups is 1. The highest BCUT2D eigenvalue weighted by Gasteiger charge is 2.24. The molecule has 0 saturated carbocycles. The first-order valence-corrected chi connectivity index (χ1v) is 3.84. The fourth-order valence-corrected chi connectivity index (χ4v) is 1.05. The maximum absolute atomic E-state index is 8.52. The summed E-state index contributed by atoms with van der Waals surface area (Å²) in [6.07, 6.45) is 0.403. The van der Waals surface area contributed by atoms with E-state index >= 15 is 0 Å². The van der Waals surface area contributed by atoms with Crippen LogP contribution in [0, 0.1) is 0 Å². The largest absolute Gasteiger partial charge is 0.396 e. The Labute approximate surface area is 64.9 Å². The first-order valence-electron chi connectivity index (χ1n) is 3.30. The van der Waals surface area contributed by atoms with Crippen LogP contribution in [0.3, 0.4) is 0 Å². The fourth-order valence-electron chi connectivity index (χ4n) is 0.884. The summed E-state index contributed by atoms with van der Waals surface area (Å²) in [5.41, 5.74) is 0. The van der Waals surface area contributed by atoms with Crippen molar-refractivity contribution in [3.63, 3.8) is 0 Å². The molecule has 1 aliphatic heterocycles. The summed E-state index contributed by atoms with van der Waals surface area (Å²) in [7, 11) is 0. The van der Waals surface area contributed by atoms with Crippen LogP contribution >= 0.6 is 11.6 Å². The standard InChI is InChI=1S/C6H11ClO3/c7-3-6-9-4-5(10-6)1-2-8/h5-6,8H,1-4H2. The number of ether oxygens (including phenoxy) is 2. The molecule has 0 spiro atoms. The summed E-state index contributed by atoms with van der Waals surface area (Å²) in [5, 5.41) is 8.52. The second kappa shape index (κ2) is 4.13. The smallest absolute Gasteiger partial charge is 0.171 e. The number of hydrogen-bond acceptors (Lipinski definition) is 3. The van der Waals surface area contributed by atoms with Crippen molar-refractivity contribution in [1.82, 2.24) is 0 Å². The highest BCUT2D eigenvalue weighted by atomic mass is 35.5. The Kier molecular flexibility index (Phi) is 3.42. The lowest BCUT2D eigenvalue weighted by Gasteiger charge is -2.06. The van der Waals surface area contributed by atoms with E-state index < -0.39 is 0 Å².